The van der Waals surface area contributed by atoms with Crippen LogP contribution in [0.1, 0.15) is 56.4 Å². The van der Waals surface area contributed by atoms with Crippen LogP contribution in [-0.4, -0.2) is 63.2 Å². The van der Waals surface area contributed by atoms with E-state index in [9.17, 15) is 8.78 Å². The highest BCUT2D eigenvalue weighted by atomic mass is 127. The van der Waals surface area contributed by atoms with Gasteiger partial charge in [-0.3, -0.25) is 4.90 Å². The van der Waals surface area contributed by atoms with E-state index in [1.807, 2.05) is 6.92 Å². The molecule has 0 aliphatic carbocycles. The van der Waals surface area contributed by atoms with Crippen molar-refractivity contribution in [1.29, 1.82) is 0 Å². The molecule has 1 unspecified atom stereocenters. The number of nitrogens with one attached hydrogen (secondary N) is 1. The molecule has 0 amide bonds. The van der Waals surface area contributed by atoms with Crippen molar-refractivity contribution in [2.75, 3.05) is 32.7 Å². The fraction of sp³-hybridized carbons (Fsp3) is 0.609. The standard InChI is InChI=1S/C23H33F2N7.HI/c1-3-20(18-9-8-17(24)15-19(18)25)30-11-13-31(14-12-30)23(26-4-2)27-16-22-29-28-21-7-5-6-10-32(21)22;/h8-9,15,20H,3-7,10-14,16H2,1-2H3,(H,26,27);1H. The Morgan fingerprint density at radius 2 is 1.88 bits per heavy atom. The largest absolute Gasteiger partial charge is 0.357 e. The molecule has 0 radical (unpaired) electrons. The predicted octanol–water partition coefficient (Wildman–Crippen LogP) is 3.75. The molecule has 33 heavy (non-hydrogen) atoms. The van der Waals surface area contributed by atoms with Gasteiger partial charge in [-0.05, 0) is 32.3 Å². The Kier molecular flexibility index (Phi) is 9.42. The Morgan fingerprint density at radius 3 is 2.58 bits per heavy atom. The Morgan fingerprint density at radius 1 is 1.09 bits per heavy atom. The van der Waals surface area contributed by atoms with Crippen LogP contribution in [0.15, 0.2) is 23.2 Å². The van der Waals surface area contributed by atoms with Gasteiger partial charge in [0.25, 0.3) is 0 Å². The molecule has 10 heteroatoms. The maximum atomic E-state index is 14.4. The lowest BCUT2D eigenvalue weighted by Crippen LogP contribution is -2.53. The first-order chi connectivity index (χ1) is 15.6. The Hall–Kier alpha value is -1.82. The molecule has 1 aromatic heterocycles. The third-order valence-corrected chi connectivity index (χ3v) is 6.40. The van der Waals surface area contributed by atoms with Crippen molar-refractivity contribution in [3.05, 3.63) is 47.0 Å². The highest BCUT2D eigenvalue weighted by Gasteiger charge is 2.27. The van der Waals surface area contributed by atoms with Crippen molar-refractivity contribution in [2.45, 2.75) is 58.7 Å². The number of hydrogen-bond donors (Lipinski definition) is 1. The van der Waals surface area contributed by atoms with E-state index in [2.05, 4.69) is 36.8 Å². The van der Waals surface area contributed by atoms with Crippen LogP contribution < -0.4 is 5.32 Å². The second-order valence-corrected chi connectivity index (χ2v) is 8.42. The molecule has 0 spiro atoms. The first kappa shape index (κ1) is 25.8. The van der Waals surface area contributed by atoms with E-state index in [1.165, 1.54) is 12.5 Å². The number of benzene rings is 1. The second kappa shape index (κ2) is 12.0. The number of aliphatic imine (C=N–C) groups is 1. The summed E-state index contributed by atoms with van der Waals surface area (Å²) in [6.45, 7) is 9.55. The zero-order valence-electron chi connectivity index (χ0n) is 19.4. The lowest BCUT2D eigenvalue weighted by atomic mass is 10.0. The molecular weight excluding hydrogens is 539 g/mol. The van der Waals surface area contributed by atoms with Gasteiger partial charge in [0, 0.05) is 63.4 Å². The van der Waals surface area contributed by atoms with Gasteiger partial charge < -0.3 is 14.8 Å². The van der Waals surface area contributed by atoms with Crippen molar-refractivity contribution in [3.8, 4) is 0 Å². The van der Waals surface area contributed by atoms with E-state index in [4.69, 9.17) is 4.99 Å². The van der Waals surface area contributed by atoms with Crippen molar-refractivity contribution in [1.82, 2.24) is 29.9 Å². The minimum absolute atomic E-state index is 0. The van der Waals surface area contributed by atoms with Gasteiger partial charge in [-0.1, -0.05) is 13.0 Å². The maximum absolute atomic E-state index is 14.4. The predicted molar refractivity (Wildman–Crippen MR) is 136 cm³/mol. The van der Waals surface area contributed by atoms with Crippen LogP contribution in [0.4, 0.5) is 8.78 Å². The molecule has 0 saturated carbocycles. The van der Waals surface area contributed by atoms with Crippen molar-refractivity contribution in [2.24, 2.45) is 4.99 Å². The maximum Gasteiger partial charge on any atom is 0.194 e. The van der Waals surface area contributed by atoms with Gasteiger partial charge in [-0.25, -0.2) is 13.8 Å². The monoisotopic (exact) mass is 573 g/mol. The quantitative estimate of drug-likeness (QED) is 0.324. The summed E-state index contributed by atoms with van der Waals surface area (Å²) in [6.07, 6.45) is 4.10. The number of fused-ring (bicyclic) bond motifs is 1. The molecule has 2 aliphatic rings. The van der Waals surface area contributed by atoms with Crippen molar-refractivity contribution < 1.29 is 8.78 Å². The van der Waals surface area contributed by atoms with Gasteiger partial charge in [0.2, 0.25) is 0 Å². The van der Waals surface area contributed by atoms with Crippen LogP contribution in [0, 0.1) is 11.6 Å². The van der Waals surface area contributed by atoms with Crippen LogP contribution in [-0.2, 0) is 19.5 Å². The average molecular weight is 573 g/mol. The van der Waals surface area contributed by atoms with Crippen LogP contribution >= 0.6 is 24.0 Å². The van der Waals surface area contributed by atoms with E-state index in [0.29, 0.717) is 12.1 Å². The van der Waals surface area contributed by atoms with Crippen LogP contribution in [0.5, 0.6) is 0 Å². The summed E-state index contributed by atoms with van der Waals surface area (Å²) < 4.78 is 29.9. The molecule has 4 rings (SSSR count). The number of piperazine rings is 1. The highest BCUT2D eigenvalue weighted by molar-refractivity contribution is 14.0. The fourth-order valence-corrected chi connectivity index (χ4v) is 4.75. The highest BCUT2D eigenvalue weighted by Crippen LogP contribution is 2.28. The SMILES string of the molecule is CCNC(=NCc1nnc2n1CCCC2)N1CCN(C(CC)c2ccc(F)cc2F)CC1.I. The number of nitrogens with zero attached hydrogens (tertiary/aromatic N) is 6. The van der Waals surface area contributed by atoms with Crippen molar-refractivity contribution >= 4 is 29.9 Å². The third kappa shape index (κ3) is 6.00. The minimum atomic E-state index is -0.536. The lowest BCUT2D eigenvalue weighted by molar-refractivity contribution is 0.124. The molecule has 1 saturated heterocycles. The number of aryl methyl sites for hydroxylation is 1. The molecule has 2 aromatic rings. The van der Waals surface area contributed by atoms with Crippen molar-refractivity contribution in [3.63, 3.8) is 0 Å². The first-order valence-corrected chi connectivity index (χ1v) is 11.7. The van der Waals surface area contributed by atoms with Gasteiger partial charge in [0.1, 0.15) is 24.0 Å². The normalized spacial score (nSPS) is 17.9. The van der Waals surface area contributed by atoms with Gasteiger partial charge in [0.05, 0.1) is 0 Å². The zero-order valence-corrected chi connectivity index (χ0v) is 21.8. The first-order valence-electron chi connectivity index (χ1n) is 11.7. The van der Waals surface area contributed by atoms with E-state index in [1.54, 1.807) is 6.07 Å². The number of hydrogen-bond acceptors (Lipinski definition) is 4. The van der Waals surface area contributed by atoms with Gasteiger partial charge in [-0.2, -0.15) is 0 Å². The number of guanidine groups is 1. The van der Waals surface area contributed by atoms with Gasteiger partial charge in [-0.15, -0.1) is 34.2 Å². The molecule has 0 bridgehead atoms. The molecule has 2 aliphatic heterocycles. The fourth-order valence-electron chi connectivity index (χ4n) is 4.75. The molecular formula is C23H34F2IN7. The molecule has 3 heterocycles. The van der Waals surface area contributed by atoms with E-state index < -0.39 is 11.6 Å². The Bertz CT molecular complexity index is 941. The Labute approximate surface area is 211 Å². The summed E-state index contributed by atoms with van der Waals surface area (Å²) in [7, 11) is 0. The zero-order chi connectivity index (χ0) is 22.5. The summed E-state index contributed by atoms with van der Waals surface area (Å²) in [4.78, 5) is 9.38. The summed E-state index contributed by atoms with van der Waals surface area (Å²) in [5, 5.41) is 12.1. The third-order valence-electron chi connectivity index (χ3n) is 6.40. The van der Waals surface area contributed by atoms with E-state index >= 15 is 0 Å². The smallest absolute Gasteiger partial charge is 0.194 e. The molecule has 1 fully saturated rings. The topological polar surface area (TPSA) is 61.6 Å². The van der Waals surface area contributed by atoms with Crippen LogP contribution in [0.2, 0.25) is 0 Å². The second-order valence-electron chi connectivity index (χ2n) is 8.42. The summed E-state index contributed by atoms with van der Waals surface area (Å²) in [6, 6.07) is 3.85. The molecule has 1 N–H and O–H groups in total. The van der Waals surface area contributed by atoms with E-state index in [-0.39, 0.29) is 30.0 Å². The summed E-state index contributed by atoms with van der Waals surface area (Å²) >= 11 is 0. The number of halogens is 3. The Balaban J connectivity index is 0.00000306. The average Bonchev–Trinajstić information content (AvgIpc) is 3.22. The summed E-state index contributed by atoms with van der Waals surface area (Å²) in [5.41, 5.74) is 0.569. The summed E-state index contributed by atoms with van der Waals surface area (Å²) in [5.74, 6) is 1.86. The minimum Gasteiger partial charge on any atom is -0.357 e. The molecule has 1 aromatic carbocycles. The lowest BCUT2D eigenvalue weighted by Gasteiger charge is -2.40. The number of aromatic nitrogens is 3. The van der Waals surface area contributed by atoms with Gasteiger partial charge >= 0.3 is 0 Å². The van der Waals surface area contributed by atoms with Crippen LogP contribution in [0.25, 0.3) is 0 Å². The van der Waals surface area contributed by atoms with Crippen LogP contribution in [0.3, 0.4) is 0 Å². The molecule has 182 valence electrons. The van der Waals surface area contributed by atoms with Gasteiger partial charge in [0.15, 0.2) is 11.8 Å². The molecule has 1 atom stereocenters. The number of rotatable bonds is 6. The van der Waals surface area contributed by atoms with E-state index in [0.717, 1.165) is 82.2 Å². The molecule has 7 nitrogen and oxygen atoms in total.